The monoisotopic (exact) mass is 386 g/mol. The van der Waals surface area contributed by atoms with E-state index in [4.69, 9.17) is 9.84 Å². The fourth-order valence-corrected chi connectivity index (χ4v) is 3.59. The molecule has 1 saturated heterocycles. The molecule has 8 nitrogen and oxygen atoms in total. The van der Waals surface area contributed by atoms with Crippen LogP contribution in [0, 0.1) is 0 Å². The van der Waals surface area contributed by atoms with Gasteiger partial charge in [0.2, 0.25) is 0 Å². The summed E-state index contributed by atoms with van der Waals surface area (Å²) in [4.78, 5) is 27.5. The second kappa shape index (κ2) is 8.88. The Morgan fingerprint density at radius 3 is 2.46 bits per heavy atom. The number of benzene rings is 1. The van der Waals surface area contributed by atoms with Crippen LogP contribution in [0.1, 0.15) is 30.3 Å². The third-order valence-electron chi connectivity index (χ3n) is 5.16. The van der Waals surface area contributed by atoms with Crippen LogP contribution in [0.5, 0.6) is 5.75 Å². The van der Waals surface area contributed by atoms with Gasteiger partial charge in [0.05, 0.1) is 19.3 Å². The van der Waals surface area contributed by atoms with Gasteiger partial charge in [0.25, 0.3) is 5.91 Å². The van der Waals surface area contributed by atoms with Gasteiger partial charge in [-0.2, -0.15) is 5.10 Å². The number of carbonyl (C=O) groups excluding carboxylic acids is 1. The van der Waals surface area contributed by atoms with Crippen molar-refractivity contribution in [3.63, 3.8) is 0 Å². The van der Waals surface area contributed by atoms with Crippen LogP contribution >= 0.6 is 0 Å². The molecule has 1 fully saturated rings. The van der Waals surface area contributed by atoms with E-state index in [0.29, 0.717) is 25.3 Å². The summed E-state index contributed by atoms with van der Waals surface area (Å²) < 4.78 is 6.83. The Labute approximate surface area is 164 Å². The molecular weight excluding hydrogens is 360 g/mol. The zero-order valence-electron chi connectivity index (χ0n) is 16.2. The van der Waals surface area contributed by atoms with E-state index >= 15 is 0 Å². The molecular formula is C20H26N4O4. The lowest BCUT2D eigenvalue weighted by Gasteiger charge is -2.37. The van der Waals surface area contributed by atoms with E-state index in [1.807, 2.05) is 36.1 Å². The maximum absolute atomic E-state index is 12.8. The van der Waals surface area contributed by atoms with Gasteiger partial charge in [-0.1, -0.05) is 6.92 Å². The summed E-state index contributed by atoms with van der Waals surface area (Å²) in [6.07, 6.45) is 3.31. The molecule has 0 atom stereocenters. The van der Waals surface area contributed by atoms with Crippen molar-refractivity contribution < 1.29 is 19.4 Å². The van der Waals surface area contributed by atoms with E-state index < -0.39 is 5.97 Å². The summed E-state index contributed by atoms with van der Waals surface area (Å²) in [5.41, 5.74) is 1.26. The topological polar surface area (TPSA) is 87.9 Å². The Morgan fingerprint density at radius 1 is 1.21 bits per heavy atom. The number of carboxylic acids is 1. The van der Waals surface area contributed by atoms with Crippen molar-refractivity contribution >= 4 is 11.9 Å². The second-order valence-corrected chi connectivity index (χ2v) is 6.82. The highest BCUT2D eigenvalue weighted by Gasteiger charge is 2.28. The number of nitrogens with zero attached hydrogens (tertiary/aromatic N) is 4. The van der Waals surface area contributed by atoms with Crippen LogP contribution < -0.4 is 4.74 Å². The number of carbonyl (C=O) groups is 2. The van der Waals surface area contributed by atoms with Gasteiger partial charge in [0.1, 0.15) is 5.75 Å². The lowest BCUT2D eigenvalue weighted by molar-refractivity contribution is -0.139. The highest BCUT2D eigenvalue weighted by atomic mass is 16.5. The average molecular weight is 386 g/mol. The Kier molecular flexibility index (Phi) is 6.30. The average Bonchev–Trinajstić information content (AvgIpc) is 3.22. The number of piperidine rings is 1. The lowest BCUT2D eigenvalue weighted by atomic mass is 10.0. The number of aromatic nitrogens is 2. The molecule has 3 rings (SSSR count). The quantitative estimate of drug-likeness (QED) is 0.782. The normalized spacial score (nSPS) is 15.0. The van der Waals surface area contributed by atoms with E-state index in [2.05, 4.69) is 5.10 Å². The number of likely N-dealkylation sites (tertiary alicyclic amines) is 1. The molecule has 1 aliphatic heterocycles. The number of ether oxygens (including phenoxy) is 1. The molecule has 28 heavy (non-hydrogen) atoms. The maximum atomic E-state index is 12.8. The van der Waals surface area contributed by atoms with Crippen LogP contribution in [0.25, 0.3) is 5.69 Å². The summed E-state index contributed by atoms with van der Waals surface area (Å²) in [6.45, 7) is 3.91. The van der Waals surface area contributed by atoms with E-state index in [1.54, 1.807) is 29.0 Å². The van der Waals surface area contributed by atoms with Crippen LogP contribution in [0.2, 0.25) is 0 Å². The Morgan fingerprint density at radius 2 is 1.89 bits per heavy atom. The number of amides is 1. The first-order chi connectivity index (χ1) is 13.5. The smallest absolute Gasteiger partial charge is 0.317 e. The third-order valence-corrected chi connectivity index (χ3v) is 5.16. The second-order valence-electron chi connectivity index (χ2n) is 6.82. The van der Waals surface area contributed by atoms with Crippen molar-refractivity contribution in [2.45, 2.75) is 25.8 Å². The van der Waals surface area contributed by atoms with Crippen LogP contribution in [-0.2, 0) is 4.79 Å². The van der Waals surface area contributed by atoms with E-state index in [-0.39, 0.29) is 18.5 Å². The van der Waals surface area contributed by atoms with Crippen LogP contribution in [-0.4, -0.2) is 75.9 Å². The van der Waals surface area contributed by atoms with Crippen LogP contribution in [0.15, 0.2) is 36.5 Å². The number of rotatable bonds is 7. The molecule has 0 aliphatic carbocycles. The van der Waals surface area contributed by atoms with Gasteiger partial charge in [0.15, 0.2) is 5.69 Å². The summed E-state index contributed by atoms with van der Waals surface area (Å²) in [5.74, 6) is -0.143. The minimum absolute atomic E-state index is 0.0430. The molecule has 0 unspecified atom stereocenters. The molecule has 0 spiro atoms. The Bertz CT molecular complexity index is 810. The van der Waals surface area contributed by atoms with E-state index in [0.717, 1.165) is 24.3 Å². The fourth-order valence-electron chi connectivity index (χ4n) is 3.59. The largest absolute Gasteiger partial charge is 0.497 e. The van der Waals surface area contributed by atoms with Crippen molar-refractivity contribution in [3.05, 3.63) is 42.2 Å². The zero-order valence-corrected chi connectivity index (χ0v) is 16.2. The summed E-state index contributed by atoms with van der Waals surface area (Å²) in [6, 6.07) is 9.38. The molecule has 1 amide bonds. The van der Waals surface area contributed by atoms with Crippen molar-refractivity contribution in [2.75, 3.05) is 33.3 Å². The number of aliphatic carboxylic acids is 1. The summed E-state index contributed by atoms with van der Waals surface area (Å²) in [7, 11) is 1.62. The standard InChI is InChI=1S/C20H26N4O4/c1-3-22(14-19(25)26)15-8-11-23(12-9-15)20(27)18-10-13-24(21-18)16-4-6-17(28-2)7-5-16/h4-7,10,13,15H,3,8-9,11-12,14H2,1-2H3,(H,25,26). The molecule has 0 radical (unpaired) electrons. The Balaban J connectivity index is 1.61. The molecule has 1 aromatic heterocycles. The molecule has 1 aromatic carbocycles. The van der Waals surface area contributed by atoms with Gasteiger partial charge in [-0.25, -0.2) is 4.68 Å². The third kappa shape index (κ3) is 4.51. The minimum atomic E-state index is -0.815. The lowest BCUT2D eigenvalue weighted by Crippen LogP contribution is -2.48. The van der Waals surface area contributed by atoms with Gasteiger partial charge in [-0.3, -0.25) is 14.5 Å². The highest BCUT2D eigenvalue weighted by molar-refractivity contribution is 5.92. The predicted molar refractivity (Wildman–Crippen MR) is 104 cm³/mol. The minimum Gasteiger partial charge on any atom is -0.497 e. The van der Waals surface area contributed by atoms with Crippen molar-refractivity contribution in [1.82, 2.24) is 19.6 Å². The number of likely N-dealkylation sites (N-methyl/N-ethyl adjacent to an activating group) is 1. The van der Waals surface area contributed by atoms with Gasteiger partial charge in [-0.15, -0.1) is 0 Å². The maximum Gasteiger partial charge on any atom is 0.317 e. The molecule has 8 heteroatoms. The Hall–Kier alpha value is -2.87. The molecule has 0 saturated carbocycles. The number of hydrogen-bond acceptors (Lipinski definition) is 5. The zero-order chi connectivity index (χ0) is 20.1. The first-order valence-electron chi connectivity index (χ1n) is 9.47. The van der Waals surface area contributed by atoms with Gasteiger partial charge < -0.3 is 14.7 Å². The van der Waals surface area contributed by atoms with Crippen molar-refractivity contribution in [1.29, 1.82) is 0 Å². The van der Waals surface area contributed by atoms with Crippen LogP contribution in [0.3, 0.4) is 0 Å². The van der Waals surface area contributed by atoms with Crippen LogP contribution in [0.4, 0.5) is 0 Å². The van der Waals surface area contributed by atoms with Gasteiger partial charge in [0, 0.05) is 25.3 Å². The van der Waals surface area contributed by atoms with E-state index in [9.17, 15) is 9.59 Å². The van der Waals surface area contributed by atoms with Crippen molar-refractivity contribution in [2.24, 2.45) is 0 Å². The molecule has 2 heterocycles. The first kappa shape index (κ1) is 19.9. The molecule has 0 bridgehead atoms. The van der Waals surface area contributed by atoms with Gasteiger partial charge in [-0.05, 0) is 49.7 Å². The number of methoxy groups -OCH3 is 1. The SMILES string of the molecule is CCN(CC(=O)O)C1CCN(C(=O)c2ccn(-c3ccc(OC)cc3)n2)CC1. The van der Waals surface area contributed by atoms with Gasteiger partial charge >= 0.3 is 5.97 Å². The molecule has 1 aliphatic rings. The number of hydrogen-bond donors (Lipinski definition) is 1. The molecule has 2 aromatic rings. The van der Waals surface area contributed by atoms with Crippen molar-refractivity contribution in [3.8, 4) is 11.4 Å². The summed E-state index contributed by atoms with van der Waals surface area (Å²) in [5, 5.41) is 13.5. The summed E-state index contributed by atoms with van der Waals surface area (Å²) >= 11 is 0. The molecule has 1 N–H and O–H groups in total. The molecule has 150 valence electrons. The fraction of sp³-hybridized carbons (Fsp3) is 0.450. The van der Waals surface area contributed by atoms with E-state index in [1.165, 1.54) is 0 Å². The first-order valence-corrected chi connectivity index (χ1v) is 9.47. The highest BCUT2D eigenvalue weighted by Crippen LogP contribution is 2.19. The number of carboxylic acid groups (broad SMARTS) is 1. The predicted octanol–water partition coefficient (Wildman–Crippen LogP) is 1.89.